The molecule has 1 unspecified atom stereocenters. The van der Waals surface area contributed by atoms with Crippen LogP contribution in [0.25, 0.3) is 10.9 Å². The summed E-state index contributed by atoms with van der Waals surface area (Å²) < 4.78 is 5.31. The molecule has 3 rings (SSSR count). The second kappa shape index (κ2) is 6.99. The van der Waals surface area contributed by atoms with E-state index in [0.29, 0.717) is 0 Å². The largest absolute Gasteiger partial charge is 0.448 e. The molecule has 1 atom stereocenters. The van der Waals surface area contributed by atoms with Crippen LogP contribution in [0.4, 0.5) is 5.69 Å². The summed E-state index contributed by atoms with van der Waals surface area (Å²) in [5, 5.41) is 1.02. The van der Waals surface area contributed by atoms with Crippen molar-refractivity contribution in [2.45, 2.75) is 13.0 Å². The highest BCUT2D eigenvalue weighted by atomic mass is 35.5. The van der Waals surface area contributed by atoms with E-state index >= 15 is 0 Å². The Morgan fingerprint density at radius 3 is 2.40 bits per heavy atom. The summed E-state index contributed by atoms with van der Waals surface area (Å²) in [5.74, 6) is -0.990. The third-order valence-corrected chi connectivity index (χ3v) is 4.35. The number of aromatic amines is 1. The quantitative estimate of drug-likeness (QED) is 0.718. The lowest BCUT2D eigenvalue weighted by Crippen LogP contribution is -2.37. The molecule has 6 heteroatoms. The minimum absolute atomic E-state index is 0.143. The summed E-state index contributed by atoms with van der Waals surface area (Å²) in [6.45, 7) is 1.54. The molecule has 0 aliphatic carbocycles. The maximum atomic E-state index is 12.5. The van der Waals surface area contributed by atoms with Gasteiger partial charge in [0.05, 0.1) is 5.02 Å². The van der Waals surface area contributed by atoms with Crippen molar-refractivity contribution in [3.63, 3.8) is 0 Å². The van der Waals surface area contributed by atoms with Crippen molar-refractivity contribution >= 4 is 40.1 Å². The molecular weight excluding hydrogens is 340 g/mol. The smallest absolute Gasteiger partial charge is 0.357 e. The summed E-state index contributed by atoms with van der Waals surface area (Å²) in [7, 11) is 1.64. The molecule has 1 heterocycles. The number of nitrogens with zero attached hydrogens (tertiary/aromatic N) is 1. The fourth-order valence-electron chi connectivity index (χ4n) is 2.57. The normalized spacial score (nSPS) is 12.0. The number of carbonyl (C=O) groups is 2. The fourth-order valence-corrected chi connectivity index (χ4v) is 2.86. The fraction of sp³-hybridized carbons (Fsp3) is 0.158. The number of hydrogen-bond acceptors (Lipinski definition) is 3. The van der Waals surface area contributed by atoms with Crippen LogP contribution in [0.3, 0.4) is 0 Å². The van der Waals surface area contributed by atoms with Gasteiger partial charge in [-0.2, -0.15) is 0 Å². The first-order valence-corrected chi connectivity index (χ1v) is 8.16. The Bertz CT molecular complexity index is 921. The molecule has 3 aromatic rings. The second-order valence-electron chi connectivity index (χ2n) is 5.64. The molecule has 0 aliphatic rings. The second-order valence-corrected chi connectivity index (χ2v) is 6.02. The van der Waals surface area contributed by atoms with Gasteiger partial charge in [0.1, 0.15) is 5.69 Å². The molecule has 5 nitrogen and oxygen atoms in total. The highest BCUT2D eigenvalue weighted by Crippen LogP contribution is 2.28. The van der Waals surface area contributed by atoms with Crippen molar-refractivity contribution in [3.05, 3.63) is 65.3 Å². The van der Waals surface area contributed by atoms with Gasteiger partial charge < -0.3 is 14.6 Å². The molecule has 2 aromatic carbocycles. The highest BCUT2D eigenvalue weighted by molar-refractivity contribution is 6.38. The minimum atomic E-state index is -0.944. The number of halogens is 1. The van der Waals surface area contributed by atoms with Crippen molar-refractivity contribution in [3.8, 4) is 0 Å². The summed E-state index contributed by atoms with van der Waals surface area (Å²) in [4.78, 5) is 29.3. The summed E-state index contributed by atoms with van der Waals surface area (Å²) in [6.07, 6.45) is -0.944. The zero-order valence-electron chi connectivity index (χ0n) is 13.8. The van der Waals surface area contributed by atoms with E-state index in [9.17, 15) is 9.59 Å². The van der Waals surface area contributed by atoms with Crippen LogP contribution in [-0.4, -0.2) is 30.0 Å². The number of rotatable bonds is 4. The van der Waals surface area contributed by atoms with Crippen molar-refractivity contribution in [1.82, 2.24) is 4.98 Å². The van der Waals surface area contributed by atoms with Crippen LogP contribution in [0.1, 0.15) is 17.4 Å². The standard InChI is InChI=1S/C19H17ClN2O3/c1-12(18(23)22(2)13-8-4-3-5-9-13)25-19(24)17-16(20)14-10-6-7-11-15(14)21-17/h3-12,21H,1-2H3. The van der Waals surface area contributed by atoms with E-state index in [4.69, 9.17) is 16.3 Å². The molecule has 0 saturated heterocycles. The number of carbonyl (C=O) groups excluding carboxylic acids is 2. The Morgan fingerprint density at radius 1 is 1.08 bits per heavy atom. The van der Waals surface area contributed by atoms with Crippen LogP contribution in [0, 0.1) is 0 Å². The Kier molecular flexibility index (Phi) is 4.76. The zero-order valence-corrected chi connectivity index (χ0v) is 14.6. The lowest BCUT2D eigenvalue weighted by Gasteiger charge is -2.21. The topological polar surface area (TPSA) is 62.4 Å². The van der Waals surface area contributed by atoms with Crippen LogP contribution in [0.5, 0.6) is 0 Å². The maximum Gasteiger partial charge on any atom is 0.357 e. The third kappa shape index (κ3) is 3.37. The average molecular weight is 357 g/mol. The number of aromatic nitrogens is 1. The number of esters is 1. The molecule has 0 saturated carbocycles. The van der Waals surface area contributed by atoms with Crippen molar-refractivity contribution < 1.29 is 14.3 Å². The van der Waals surface area contributed by atoms with E-state index in [1.54, 1.807) is 19.2 Å². The maximum absolute atomic E-state index is 12.5. The van der Waals surface area contributed by atoms with E-state index < -0.39 is 12.1 Å². The molecule has 1 aromatic heterocycles. The predicted molar refractivity (Wildman–Crippen MR) is 98.0 cm³/mol. The molecule has 0 aliphatic heterocycles. The number of H-pyrrole nitrogens is 1. The van der Waals surface area contributed by atoms with Gasteiger partial charge in [0, 0.05) is 23.6 Å². The number of anilines is 1. The predicted octanol–water partition coefficient (Wildman–Crippen LogP) is 4.03. The van der Waals surface area contributed by atoms with Crippen molar-refractivity contribution in [1.29, 1.82) is 0 Å². The van der Waals surface area contributed by atoms with E-state index in [2.05, 4.69) is 4.98 Å². The number of hydrogen-bond donors (Lipinski definition) is 1. The van der Waals surface area contributed by atoms with Crippen LogP contribution in [0.2, 0.25) is 5.02 Å². The Hall–Kier alpha value is -2.79. The van der Waals surface area contributed by atoms with E-state index in [0.717, 1.165) is 16.6 Å². The van der Waals surface area contributed by atoms with E-state index in [1.807, 2.05) is 42.5 Å². The van der Waals surface area contributed by atoms with Crippen LogP contribution in [0.15, 0.2) is 54.6 Å². The first-order valence-electron chi connectivity index (χ1n) is 7.79. The van der Waals surface area contributed by atoms with Gasteiger partial charge in [-0.25, -0.2) is 4.79 Å². The lowest BCUT2D eigenvalue weighted by molar-refractivity contribution is -0.126. The van der Waals surface area contributed by atoms with Gasteiger partial charge in [-0.3, -0.25) is 4.79 Å². The number of benzene rings is 2. The number of ether oxygens (including phenoxy) is 1. The SMILES string of the molecule is CC(OC(=O)c1[nH]c2ccccc2c1Cl)C(=O)N(C)c1ccccc1. The highest BCUT2D eigenvalue weighted by Gasteiger charge is 2.25. The van der Waals surface area contributed by atoms with Gasteiger partial charge in [0.2, 0.25) is 0 Å². The summed E-state index contributed by atoms with van der Waals surface area (Å²) >= 11 is 6.25. The Morgan fingerprint density at radius 2 is 1.72 bits per heavy atom. The monoisotopic (exact) mass is 356 g/mol. The molecular formula is C19H17ClN2O3. The lowest BCUT2D eigenvalue weighted by atomic mass is 10.2. The summed E-state index contributed by atoms with van der Waals surface area (Å²) in [6, 6.07) is 16.4. The van der Waals surface area contributed by atoms with Gasteiger partial charge in [-0.1, -0.05) is 48.0 Å². The molecule has 0 radical (unpaired) electrons. The Labute approximate surface area is 150 Å². The van der Waals surface area contributed by atoms with Gasteiger partial charge in [0.15, 0.2) is 6.10 Å². The number of fused-ring (bicyclic) bond motifs is 1. The van der Waals surface area contributed by atoms with Gasteiger partial charge in [-0.05, 0) is 25.1 Å². The van der Waals surface area contributed by atoms with E-state index in [1.165, 1.54) is 11.8 Å². The van der Waals surface area contributed by atoms with Crippen molar-refractivity contribution in [2.75, 3.05) is 11.9 Å². The van der Waals surface area contributed by atoms with Gasteiger partial charge in [-0.15, -0.1) is 0 Å². The molecule has 0 fully saturated rings. The molecule has 128 valence electrons. The van der Waals surface area contributed by atoms with E-state index in [-0.39, 0.29) is 16.6 Å². The number of amides is 1. The molecule has 1 amide bonds. The zero-order chi connectivity index (χ0) is 18.0. The molecule has 25 heavy (non-hydrogen) atoms. The number of nitrogens with one attached hydrogen (secondary N) is 1. The first-order chi connectivity index (χ1) is 12.0. The van der Waals surface area contributed by atoms with Crippen LogP contribution >= 0.6 is 11.6 Å². The Balaban J connectivity index is 1.75. The molecule has 0 spiro atoms. The van der Waals surface area contributed by atoms with Gasteiger partial charge in [0.25, 0.3) is 5.91 Å². The van der Waals surface area contributed by atoms with Gasteiger partial charge >= 0.3 is 5.97 Å². The first kappa shape index (κ1) is 17.0. The molecule has 0 bridgehead atoms. The summed E-state index contributed by atoms with van der Waals surface area (Å²) in [5.41, 5.74) is 1.60. The number of likely N-dealkylation sites (N-methyl/N-ethyl adjacent to an activating group) is 1. The van der Waals surface area contributed by atoms with Crippen molar-refractivity contribution in [2.24, 2.45) is 0 Å². The molecule has 1 N–H and O–H groups in total. The average Bonchev–Trinajstić information content (AvgIpc) is 2.98. The van der Waals surface area contributed by atoms with Crippen LogP contribution < -0.4 is 4.90 Å². The third-order valence-electron chi connectivity index (χ3n) is 3.95. The van der Waals surface area contributed by atoms with Crippen LogP contribution in [-0.2, 0) is 9.53 Å². The number of para-hydroxylation sites is 2. The minimum Gasteiger partial charge on any atom is -0.448 e.